The van der Waals surface area contributed by atoms with Crippen LogP contribution < -0.4 is 0 Å². The minimum atomic E-state index is 0.0806. The first-order valence-electron chi connectivity index (χ1n) is 8.56. The lowest BCUT2D eigenvalue weighted by molar-refractivity contribution is -0.121. The van der Waals surface area contributed by atoms with E-state index in [9.17, 15) is 4.79 Å². The molecule has 0 atom stereocenters. The quantitative estimate of drug-likeness (QED) is 0.787. The zero-order chi connectivity index (χ0) is 13.8. The van der Waals surface area contributed by atoms with E-state index in [0.29, 0.717) is 5.78 Å². The first kappa shape index (κ1) is 14.5. The van der Waals surface area contributed by atoms with Crippen LogP contribution in [0.2, 0.25) is 0 Å². The average molecular weight is 280 g/mol. The fraction of sp³-hybridized carbons (Fsp3) is 0.941. The van der Waals surface area contributed by atoms with E-state index in [0.717, 1.165) is 63.1 Å². The first-order chi connectivity index (χ1) is 9.81. The van der Waals surface area contributed by atoms with Crippen molar-refractivity contribution in [2.75, 3.05) is 13.2 Å². The van der Waals surface area contributed by atoms with Gasteiger partial charge in [0.25, 0.3) is 0 Å². The summed E-state index contributed by atoms with van der Waals surface area (Å²) in [5.41, 5.74) is 0. The van der Waals surface area contributed by atoms with Gasteiger partial charge in [-0.3, -0.25) is 4.79 Å². The highest BCUT2D eigenvalue weighted by Crippen LogP contribution is 2.40. The maximum Gasteiger partial charge on any atom is 0.157 e. The van der Waals surface area contributed by atoms with Gasteiger partial charge >= 0.3 is 0 Å². The number of hydrogen-bond acceptors (Lipinski definition) is 3. The molecule has 1 heterocycles. The third-order valence-corrected chi connectivity index (χ3v) is 5.65. The van der Waals surface area contributed by atoms with Crippen LogP contribution in [0.5, 0.6) is 0 Å². The molecule has 0 bridgehead atoms. The number of ketones is 1. The van der Waals surface area contributed by atoms with Crippen molar-refractivity contribution in [3.8, 4) is 0 Å². The Morgan fingerprint density at radius 3 is 2.05 bits per heavy atom. The average Bonchev–Trinajstić information content (AvgIpc) is 3.00. The summed E-state index contributed by atoms with van der Waals surface area (Å²) in [5, 5.41) is 0. The molecule has 20 heavy (non-hydrogen) atoms. The van der Waals surface area contributed by atoms with Gasteiger partial charge in [0.05, 0.1) is 13.2 Å². The highest BCUT2D eigenvalue weighted by molar-refractivity contribution is 5.79. The molecule has 3 aliphatic rings. The second kappa shape index (κ2) is 7.04. The third kappa shape index (κ3) is 3.82. The van der Waals surface area contributed by atoms with E-state index in [-0.39, 0.29) is 6.29 Å². The van der Waals surface area contributed by atoms with E-state index >= 15 is 0 Å². The predicted molar refractivity (Wildman–Crippen MR) is 77.3 cm³/mol. The van der Waals surface area contributed by atoms with Crippen LogP contribution in [-0.2, 0) is 14.3 Å². The van der Waals surface area contributed by atoms with Gasteiger partial charge in [0.2, 0.25) is 0 Å². The smallest absolute Gasteiger partial charge is 0.157 e. The number of carbonyl (C=O) groups is 1. The molecule has 114 valence electrons. The zero-order valence-electron chi connectivity index (χ0n) is 12.5. The summed E-state index contributed by atoms with van der Waals surface area (Å²) >= 11 is 0. The summed E-state index contributed by atoms with van der Waals surface area (Å²) in [5.74, 6) is 3.12. The van der Waals surface area contributed by atoms with Gasteiger partial charge in [-0.15, -0.1) is 0 Å². The molecule has 3 rings (SSSR count). The van der Waals surface area contributed by atoms with Crippen molar-refractivity contribution in [2.45, 2.75) is 70.5 Å². The molecule has 3 heteroatoms. The van der Waals surface area contributed by atoms with Crippen LogP contribution in [0.1, 0.15) is 64.2 Å². The van der Waals surface area contributed by atoms with Crippen molar-refractivity contribution in [3.05, 3.63) is 0 Å². The topological polar surface area (TPSA) is 35.5 Å². The fourth-order valence-corrected chi connectivity index (χ4v) is 4.33. The van der Waals surface area contributed by atoms with Crippen LogP contribution >= 0.6 is 0 Å². The van der Waals surface area contributed by atoms with E-state index in [1.54, 1.807) is 0 Å². The molecule has 0 aromatic rings. The van der Waals surface area contributed by atoms with Crippen molar-refractivity contribution >= 4 is 5.78 Å². The van der Waals surface area contributed by atoms with Gasteiger partial charge < -0.3 is 9.47 Å². The van der Waals surface area contributed by atoms with Crippen LogP contribution in [0.3, 0.4) is 0 Å². The highest BCUT2D eigenvalue weighted by atomic mass is 16.7. The molecule has 0 N–H and O–H groups in total. The van der Waals surface area contributed by atoms with E-state index < -0.39 is 0 Å². The molecule has 0 radical (unpaired) electrons. The Morgan fingerprint density at radius 2 is 1.40 bits per heavy atom. The SMILES string of the molecule is O=C1CCC(C2CCC(CCC3OCCO3)CC2)CC1. The van der Waals surface area contributed by atoms with Crippen LogP contribution in [0.15, 0.2) is 0 Å². The van der Waals surface area contributed by atoms with Gasteiger partial charge in [-0.2, -0.15) is 0 Å². The normalized spacial score (nSPS) is 33.7. The molecule has 0 amide bonds. The molecule has 3 nitrogen and oxygen atoms in total. The van der Waals surface area contributed by atoms with Crippen LogP contribution in [0.4, 0.5) is 0 Å². The van der Waals surface area contributed by atoms with Gasteiger partial charge in [0.15, 0.2) is 6.29 Å². The molecule has 0 spiro atoms. The number of hydrogen-bond donors (Lipinski definition) is 0. The number of carbonyl (C=O) groups excluding carboxylic acids is 1. The molecule has 2 aliphatic carbocycles. The Hall–Kier alpha value is -0.410. The third-order valence-electron chi connectivity index (χ3n) is 5.65. The molecular weight excluding hydrogens is 252 g/mol. The fourth-order valence-electron chi connectivity index (χ4n) is 4.33. The number of rotatable bonds is 4. The molecular formula is C17H28O3. The van der Waals surface area contributed by atoms with Crippen molar-refractivity contribution in [3.63, 3.8) is 0 Å². The summed E-state index contributed by atoms with van der Waals surface area (Å²) in [4.78, 5) is 11.3. The molecule has 0 aromatic carbocycles. The summed E-state index contributed by atoms with van der Waals surface area (Å²) in [6, 6.07) is 0. The largest absolute Gasteiger partial charge is 0.350 e. The Labute approximate surface area is 122 Å². The van der Waals surface area contributed by atoms with E-state index in [1.165, 1.54) is 32.1 Å². The van der Waals surface area contributed by atoms with Gasteiger partial charge in [-0.05, 0) is 56.3 Å². The van der Waals surface area contributed by atoms with Gasteiger partial charge in [0, 0.05) is 12.8 Å². The van der Waals surface area contributed by atoms with Crippen molar-refractivity contribution in [2.24, 2.45) is 17.8 Å². The minimum Gasteiger partial charge on any atom is -0.350 e. The molecule has 0 unspecified atom stereocenters. The lowest BCUT2D eigenvalue weighted by Gasteiger charge is -2.35. The van der Waals surface area contributed by atoms with Gasteiger partial charge in [-0.25, -0.2) is 0 Å². The Bertz CT molecular complexity index is 304. The van der Waals surface area contributed by atoms with E-state index in [2.05, 4.69) is 0 Å². The van der Waals surface area contributed by atoms with Crippen LogP contribution in [-0.4, -0.2) is 25.3 Å². The maximum atomic E-state index is 11.3. The maximum absolute atomic E-state index is 11.3. The zero-order valence-corrected chi connectivity index (χ0v) is 12.5. The lowest BCUT2D eigenvalue weighted by atomic mass is 9.70. The number of Topliss-reactive ketones (excluding diaryl/α,β-unsaturated/α-hetero) is 1. The molecule has 2 saturated carbocycles. The monoisotopic (exact) mass is 280 g/mol. The van der Waals surface area contributed by atoms with E-state index in [1.807, 2.05) is 0 Å². The molecule has 3 fully saturated rings. The van der Waals surface area contributed by atoms with Crippen molar-refractivity contribution in [1.82, 2.24) is 0 Å². The molecule has 1 aliphatic heterocycles. The summed E-state index contributed by atoms with van der Waals surface area (Å²) in [7, 11) is 0. The second-order valence-corrected chi connectivity index (χ2v) is 6.91. The molecule has 1 saturated heterocycles. The molecule has 0 aromatic heterocycles. The first-order valence-corrected chi connectivity index (χ1v) is 8.56. The Kier molecular flexibility index (Phi) is 5.11. The summed E-state index contributed by atoms with van der Waals surface area (Å²) < 4.78 is 11.0. The number of ether oxygens (including phenoxy) is 2. The Balaban J connectivity index is 1.35. The van der Waals surface area contributed by atoms with Crippen molar-refractivity contribution < 1.29 is 14.3 Å². The van der Waals surface area contributed by atoms with Gasteiger partial charge in [0.1, 0.15) is 5.78 Å². The lowest BCUT2D eigenvalue weighted by Crippen LogP contribution is -2.26. The van der Waals surface area contributed by atoms with Gasteiger partial charge in [-0.1, -0.05) is 12.8 Å². The standard InChI is InChI=1S/C17H28O3/c18-16-8-6-15(7-9-16)14-4-1-13(2-5-14)3-10-17-19-11-12-20-17/h13-15,17H,1-12H2. The second-order valence-electron chi connectivity index (χ2n) is 6.91. The van der Waals surface area contributed by atoms with Crippen LogP contribution in [0.25, 0.3) is 0 Å². The highest BCUT2D eigenvalue weighted by Gasteiger charge is 2.30. The van der Waals surface area contributed by atoms with Crippen molar-refractivity contribution in [1.29, 1.82) is 0 Å². The summed E-state index contributed by atoms with van der Waals surface area (Å²) in [6.07, 6.45) is 12.0. The minimum absolute atomic E-state index is 0.0806. The Morgan fingerprint density at radius 1 is 0.800 bits per heavy atom. The predicted octanol–water partition coefficient (Wildman–Crippen LogP) is 3.71. The van der Waals surface area contributed by atoms with Crippen LogP contribution in [0, 0.1) is 17.8 Å². The van der Waals surface area contributed by atoms with E-state index in [4.69, 9.17) is 9.47 Å². The summed E-state index contributed by atoms with van der Waals surface area (Å²) in [6.45, 7) is 1.55.